The summed E-state index contributed by atoms with van der Waals surface area (Å²) in [5.74, 6) is 0.741. The highest BCUT2D eigenvalue weighted by Crippen LogP contribution is 2.31. The number of carbonyl (C=O) groups is 1. The molecule has 2 atom stereocenters. The van der Waals surface area contributed by atoms with E-state index in [1.807, 2.05) is 30.3 Å². The molecule has 0 spiro atoms. The number of aliphatic hydroxyl groups is 1. The minimum absolute atomic E-state index is 0.207. The Morgan fingerprint density at radius 3 is 2.91 bits per heavy atom. The number of fused-ring (bicyclic) bond motifs is 1. The summed E-state index contributed by atoms with van der Waals surface area (Å²) in [5, 5.41) is 14.0. The van der Waals surface area contributed by atoms with Crippen molar-refractivity contribution in [2.75, 3.05) is 5.75 Å². The van der Waals surface area contributed by atoms with Crippen molar-refractivity contribution in [2.24, 2.45) is 0 Å². The van der Waals surface area contributed by atoms with Crippen LogP contribution in [0.1, 0.15) is 34.5 Å². The first kappa shape index (κ1) is 15.1. The quantitative estimate of drug-likeness (QED) is 0.852. The lowest BCUT2D eigenvalue weighted by atomic mass is 10.1. The number of hydrogen-bond acceptors (Lipinski definition) is 4. The van der Waals surface area contributed by atoms with Crippen LogP contribution in [0.5, 0.6) is 0 Å². The highest BCUT2D eigenvalue weighted by atomic mass is 32.2. The summed E-state index contributed by atoms with van der Waals surface area (Å²) in [6.45, 7) is 2.06. The van der Waals surface area contributed by atoms with Crippen molar-refractivity contribution in [3.05, 3.63) is 59.3 Å². The summed E-state index contributed by atoms with van der Waals surface area (Å²) in [6.07, 6.45) is 1.58. The van der Waals surface area contributed by atoms with Gasteiger partial charge in [-0.25, -0.2) is 4.98 Å². The number of carbonyl (C=O) groups excluding carboxylic acids is 1. The molecule has 0 aliphatic heterocycles. The van der Waals surface area contributed by atoms with Crippen molar-refractivity contribution >= 4 is 17.7 Å². The van der Waals surface area contributed by atoms with E-state index in [4.69, 9.17) is 0 Å². The van der Waals surface area contributed by atoms with E-state index in [1.54, 1.807) is 24.0 Å². The molecule has 1 aromatic heterocycles. The van der Waals surface area contributed by atoms with Crippen LogP contribution in [0.4, 0.5) is 0 Å². The zero-order valence-electron chi connectivity index (χ0n) is 12.3. The van der Waals surface area contributed by atoms with Crippen LogP contribution in [0.3, 0.4) is 0 Å². The maximum absolute atomic E-state index is 12.4. The lowest BCUT2D eigenvalue weighted by Crippen LogP contribution is -2.33. The topological polar surface area (TPSA) is 62.2 Å². The summed E-state index contributed by atoms with van der Waals surface area (Å²) in [6, 6.07) is 11.1. The number of aromatic nitrogens is 1. The van der Waals surface area contributed by atoms with Gasteiger partial charge in [0, 0.05) is 12.6 Å². The molecule has 1 aliphatic carbocycles. The summed E-state index contributed by atoms with van der Waals surface area (Å²) >= 11 is 1.64. The van der Waals surface area contributed by atoms with Crippen molar-refractivity contribution < 1.29 is 9.90 Å². The van der Waals surface area contributed by atoms with Gasteiger partial charge in [-0.3, -0.25) is 4.79 Å². The van der Waals surface area contributed by atoms with Crippen LogP contribution in [0, 0.1) is 0 Å². The lowest BCUT2D eigenvalue weighted by molar-refractivity contribution is 0.0857. The highest BCUT2D eigenvalue weighted by molar-refractivity contribution is 7.99. The molecule has 0 radical (unpaired) electrons. The minimum Gasteiger partial charge on any atom is -0.390 e. The van der Waals surface area contributed by atoms with Gasteiger partial charge < -0.3 is 10.4 Å². The highest BCUT2D eigenvalue weighted by Gasteiger charge is 2.32. The van der Waals surface area contributed by atoms with E-state index in [2.05, 4.69) is 17.2 Å². The van der Waals surface area contributed by atoms with Gasteiger partial charge in [0.05, 0.1) is 22.7 Å². The Labute approximate surface area is 134 Å². The van der Waals surface area contributed by atoms with Crippen molar-refractivity contribution in [1.82, 2.24) is 10.3 Å². The Morgan fingerprint density at radius 2 is 2.18 bits per heavy atom. The molecule has 5 heteroatoms. The molecule has 0 saturated carbocycles. The lowest BCUT2D eigenvalue weighted by Gasteiger charge is -2.18. The third-order valence-electron chi connectivity index (χ3n) is 3.78. The number of aliphatic hydroxyl groups excluding tert-OH is 1. The number of rotatable bonds is 4. The van der Waals surface area contributed by atoms with Crippen molar-refractivity contribution in [2.45, 2.75) is 30.5 Å². The Kier molecular flexibility index (Phi) is 4.45. The number of thioether (sulfide) groups is 1. The van der Waals surface area contributed by atoms with Gasteiger partial charge in [0.15, 0.2) is 0 Å². The molecular formula is C17H18N2O2S. The molecule has 2 unspecified atom stereocenters. The summed E-state index contributed by atoms with van der Waals surface area (Å²) < 4.78 is 0. The first-order chi connectivity index (χ1) is 10.7. The average molecular weight is 314 g/mol. The number of nitrogens with zero attached hydrogens (tertiary/aromatic N) is 1. The van der Waals surface area contributed by atoms with Crippen LogP contribution in [0.15, 0.2) is 47.6 Å². The smallest absolute Gasteiger partial charge is 0.253 e. The van der Waals surface area contributed by atoms with Crippen LogP contribution in [-0.2, 0) is 6.42 Å². The molecule has 0 saturated heterocycles. The molecule has 3 rings (SSSR count). The fourth-order valence-corrected chi connectivity index (χ4v) is 3.31. The molecule has 4 nitrogen and oxygen atoms in total. The Morgan fingerprint density at radius 1 is 1.36 bits per heavy atom. The molecular weight excluding hydrogens is 296 g/mol. The molecule has 22 heavy (non-hydrogen) atoms. The second kappa shape index (κ2) is 6.50. The molecule has 1 aliphatic rings. The van der Waals surface area contributed by atoms with Crippen LogP contribution >= 0.6 is 11.8 Å². The predicted molar refractivity (Wildman–Crippen MR) is 87.0 cm³/mol. The first-order valence-corrected chi connectivity index (χ1v) is 8.33. The molecule has 114 valence electrons. The van der Waals surface area contributed by atoms with Gasteiger partial charge in [0.2, 0.25) is 0 Å². The second-order valence-corrected chi connectivity index (χ2v) is 6.52. The van der Waals surface area contributed by atoms with Gasteiger partial charge >= 0.3 is 0 Å². The van der Waals surface area contributed by atoms with Gasteiger partial charge in [-0.1, -0.05) is 31.2 Å². The average Bonchev–Trinajstić information content (AvgIpc) is 2.84. The Balaban J connectivity index is 1.74. The van der Waals surface area contributed by atoms with Crippen LogP contribution < -0.4 is 5.32 Å². The summed E-state index contributed by atoms with van der Waals surface area (Å²) in [5.41, 5.74) is 2.60. The number of pyridine rings is 1. The number of amides is 1. The van der Waals surface area contributed by atoms with E-state index in [9.17, 15) is 9.90 Å². The molecule has 1 amide bonds. The minimum atomic E-state index is -0.579. The molecule has 2 N–H and O–H groups in total. The van der Waals surface area contributed by atoms with Crippen molar-refractivity contribution in [3.63, 3.8) is 0 Å². The van der Waals surface area contributed by atoms with Gasteiger partial charge in [0.25, 0.3) is 5.91 Å². The first-order valence-electron chi connectivity index (χ1n) is 7.34. The van der Waals surface area contributed by atoms with E-state index in [0.717, 1.165) is 21.9 Å². The zero-order chi connectivity index (χ0) is 15.5. The van der Waals surface area contributed by atoms with E-state index in [-0.39, 0.29) is 11.9 Å². The largest absolute Gasteiger partial charge is 0.390 e. The third-order valence-corrected chi connectivity index (χ3v) is 4.61. The van der Waals surface area contributed by atoms with Gasteiger partial charge in [0.1, 0.15) is 0 Å². The van der Waals surface area contributed by atoms with Crippen LogP contribution in [-0.4, -0.2) is 27.9 Å². The van der Waals surface area contributed by atoms with E-state index >= 15 is 0 Å². The molecule has 1 aromatic carbocycles. The summed E-state index contributed by atoms with van der Waals surface area (Å²) in [4.78, 5) is 16.6. The zero-order valence-corrected chi connectivity index (χ0v) is 13.1. The van der Waals surface area contributed by atoms with E-state index in [0.29, 0.717) is 12.0 Å². The Hall–Kier alpha value is -1.85. The standard InChI is InChI=1S/C17H18N2O2S/c1-2-22-15-8-7-12(10-18-15)17(21)19-16-13-6-4-3-5-11(13)9-14(16)20/h3-8,10,14,16,20H,2,9H2,1H3,(H,19,21). The van der Waals surface area contributed by atoms with Crippen molar-refractivity contribution in [1.29, 1.82) is 0 Å². The molecule has 0 bridgehead atoms. The fraction of sp³-hybridized carbons (Fsp3) is 0.294. The third kappa shape index (κ3) is 3.00. The van der Waals surface area contributed by atoms with Crippen LogP contribution in [0.2, 0.25) is 0 Å². The maximum Gasteiger partial charge on any atom is 0.253 e. The molecule has 1 heterocycles. The SMILES string of the molecule is CCSc1ccc(C(=O)NC2c3ccccc3CC2O)cn1. The van der Waals surface area contributed by atoms with Gasteiger partial charge in [-0.15, -0.1) is 11.8 Å². The maximum atomic E-state index is 12.4. The number of hydrogen-bond donors (Lipinski definition) is 2. The van der Waals surface area contributed by atoms with Crippen molar-refractivity contribution in [3.8, 4) is 0 Å². The summed E-state index contributed by atoms with van der Waals surface area (Å²) in [7, 11) is 0. The monoisotopic (exact) mass is 314 g/mol. The van der Waals surface area contributed by atoms with Gasteiger partial charge in [-0.2, -0.15) is 0 Å². The molecule has 0 fully saturated rings. The molecule has 2 aromatic rings. The number of nitrogens with one attached hydrogen (secondary N) is 1. The fourth-order valence-electron chi connectivity index (χ4n) is 2.72. The second-order valence-electron chi connectivity index (χ2n) is 5.24. The normalized spacial score (nSPS) is 19.7. The predicted octanol–water partition coefficient (Wildman–Crippen LogP) is 2.58. The van der Waals surface area contributed by atoms with E-state index in [1.165, 1.54) is 0 Å². The van der Waals surface area contributed by atoms with Gasteiger partial charge in [-0.05, 0) is 29.0 Å². The Bertz CT molecular complexity index is 673. The number of benzene rings is 1. The van der Waals surface area contributed by atoms with E-state index < -0.39 is 6.10 Å². The van der Waals surface area contributed by atoms with Crippen LogP contribution in [0.25, 0.3) is 0 Å².